The number of Topliss-reactive ketones (excluding diaryl/α,β-unsaturated/α-hetero) is 2. The van der Waals surface area contributed by atoms with Crippen LogP contribution in [0, 0.1) is 22.7 Å². The van der Waals surface area contributed by atoms with Crippen molar-refractivity contribution in [1.82, 2.24) is 9.97 Å². The van der Waals surface area contributed by atoms with Gasteiger partial charge in [-0.1, -0.05) is 24.3 Å². The number of fused-ring (bicyclic) bond motifs is 10. The Morgan fingerprint density at radius 3 is 1.55 bits per heavy atom. The molecule has 6 heteroatoms. The number of benzene rings is 3. The first kappa shape index (κ1) is 15.6. The highest BCUT2D eigenvalue weighted by molar-refractivity contribution is 6.40. The molecule has 29 heavy (non-hydrogen) atoms. The Balaban J connectivity index is 2.01. The molecule has 0 radical (unpaired) electrons. The molecule has 0 saturated heterocycles. The zero-order valence-electron chi connectivity index (χ0n) is 14.9. The van der Waals surface area contributed by atoms with Crippen LogP contribution in [0.4, 0.5) is 0 Å². The van der Waals surface area contributed by atoms with E-state index in [4.69, 9.17) is 0 Å². The Hall–Kier alpha value is -4.42. The van der Waals surface area contributed by atoms with Gasteiger partial charge in [-0.2, -0.15) is 10.5 Å². The van der Waals surface area contributed by atoms with Gasteiger partial charge in [-0.25, -0.2) is 0 Å². The number of carbonyl (C=O) groups excluding carboxylic acids is 2. The Morgan fingerprint density at radius 1 is 0.690 bits per heavy atom. The Labute approximate surface area is 163 Å². The lowest BCUT2D eigenvalue weighted by molar-refractivity contribution is 0.0924. The first-order chi connectivity index (χ1) is 14.1. The molecule has 0 spiro atoms. The van der Waals surface area contributed by atoms with Crippen molar-refractivity contribution in [2.75, 3.05) is 0 Å². The minimum Gasteiger partial charge on any atom is -0.352 e. The fourth-order valence-electron chi connectivity index (χ4n) is 4.65. The third-order valence-electron chi connectivity index (χ3n) is 5.79. The topological polar surface area (TPSA) is 113 Å². The Morgan fingerprint density at radius 2 is 1.14 bits per heavy atom. The summed E-state index contributed by atoms with van der Waals surface area (Å²) in [6.07, 6.45) is -0.168. The maximum atomic E-state index is 12.8. The molecule has 6 nitrogen and oxygen atoms in total. The van der Waals surface area contributed by atoms with E-state index in [9.17, 15) is 20.1 Å². The summed E-state index contributed by atoms with van der Waals surface area (Å²) in [7, 11) is 0. The maximum absolute atomic E-state index is 12.8. The standard InChI is InChI=1S/C23H10N4O2/c24-8-10-3-1-5-12-16-18-14(28)7-15(29)19(18)17-13-6-2-4-11(9-25)21(13)27-23(17)22(16)26-20(10)12/h1-6,26-27H,7H2. The van der Waals surface area contributed by atoms with Gasteiger partial charge in [0.2, 0.25) is 0 Å². The van der Waals surface area contributed by atoms with Gasteiger partial charge in [0.05, 0.1) is 39.6 Å². The van der Waals surface area contributed by atoms with Crippen LogP contribution in [-0.4, -0.2) is 21.5 Å². The van der Waals surface area contributed by atoms with Gasteiger partial charge in [-0.15, -0.1) is 0 Å². The number of para-hydroxylation sites is 2. The number of hydrogen-bond donors (Lipinski definition) is 2. The molecule has 0 aliphatic heterocycles. The number of hydrogen-bond acceptors (Lipinski definition) is 4. The van der Waals surface area contributed by atoms with E-state index in [1.807, 2.05) is 12.1 Å². The van der Waals surface area contributed by atoms with Gasteiger partial charge in [0.15, 0.2) is 11.6 Å². The van der Waals surface area contributed by atoms with Crippen LogP contribution in [0.1, 0.15) is 38.3 Å². The molecular formula is C23H10N4O2. The van der Waals surface area contributed by atoms with Crippen molar-refractivity contribution < 1.29 is 9.59 Å². The van der Waals surface area contributed by atoms with E-state index in [1.165, 1.54) is 0 Å². The third-order valence-corrected chi connectivity index (χ3v) is 5.79. The lowest BCUT2D eigenvalue weighted by atomic mass is 9.96. The molecule has 0 unspecified atom stereocenters. The van der Waals surface area contributed by atoms with E-state index >= 15 is 0 Å². The van der Waals surface area contributed by atoms with Crippen LogP contribution in [0.25, 0.3) is 43.6 Å². The van der Waals surface area contributed by atoms with Gasteiger partial charge in [-0.05, 0) is 12.1 Å². The molecule has 3 aromatic carbocycles. The quantitative estimate of drug-likeness (QED) is 0.389. The number of carbonyl (C=O) groups is 2. The number of H-pyrrole nitrogens is 2. The number of nitrogens with zero attached hydrogens (tertiary/aromatic N) is 2. The number of aromatic amines is 2. The second-order valence-electron chi connectivity index (χ2n) is 7.20. The highest BCUT2D eigenvalue weighted by Gasteiger charge is 2.35. The smallest absolute Gasteiger partial charge is 0.172 e. The molecule has 2 aromatic heterocycles. The second kappa shape index (κ2) is 5.09. The number of aromatic nitrogens is 2. The zero-order chi connectivity index (χ0) is 19.9. The SMILES string of the molecule is N#Cc1cccc2c1[nH]c1c3[nH]c4c(C#N)cccc4c3c3c(c21)C(=O)CC3=O. The van der Waals surface area contributed by atoms with E-state index in [-0.39, 0.29) is 18.0 Å². The van der Waals surface area contributed by atoms with E-state index in [0.717, 1.165) is 10.8 Å². The molecular weight excluding hydrogens is 364 g/mol. The average Bonchev–Trinajstić information content (AvgIpc) is 3.38. The molecule has 0 fully saturated rings. The van der Waals surface area contributed by atoms with E-state index < -0.39 is 0 Å². The van der Waals surface area contributed by atoms with Gasteiger partial charge >= 0.3 is 0 Å². The summed E-state index contributed by atoms with van der Waals surface area (Å²) >= 11 is 0. The lowest BCUT2D eigenvalue weighted by Crippen LogP contribution is -1.94. The minimum absolute atomic E-state index is 0.168. The molecule has 0 atom stereocenters. The van der Waals surface area contributed by atoms with Gasteiger partial charge in [0, 0.05) is 32.7 Å². The van der Waals surface area contributed by atoms with Gasteiger partial charge in [0.1, 0.15) is 12.1 Å². The predicted octanol–water partition coefficient (Wildman–Crippen LogP) is 4.47. The molecule has 2 heterocycles. The second-order valence-corrected chi connectivity index (χ2v) is 7.20. The first-order valence-corrected chi connectivity index (χ1v) is 9.05. The summed E-state index contributed by atoms with van der Waals surface area (Å²) in [6, 6.07) is 15.0. The summed E-state index contributed by atoms with van der Waals surface area (Å²) in [5.41, 5.74) is 4.33. The van der Waals surface area contributed by atoms with Crippen molar-refractivity contribution in [2.24, 2.45) is 0 Å². The summed E-state index contributed by atoms with van der Waals surface area (Å²) in [5.74, 6) is -0.433. The van der Waals surface area contributed by atoms with E-state index in [2.05, 4.69) is 22.1 Å². The van der Waals surface area contributed by atoms with Crippen molar-refractivity contribution in [1.29, 1.82) is 10.5 Å². The zero-order valence-corrected chi connectivity index (χ0v) is 14.9. The van der Waals surface area contributed by atoms with Crippen LogP contribution >= 0.6 is 0 Å². The molecule has 1 aliphatic carbocycles. The first-order valence-electron chi connectivity index (χ1n) is 9.05. The Bertz CT molecular complexity index is 1560. The van der Waals surface area contributed by atoms with Crippen LogP contribution in [0.5, 0.6) is 0 Å². The summed E-state index contributed by atoms with van der Waals surface area (Å²) < 4.78 is 0. The predicted molar refractivity (Wildman–Crippen MR) is 108 cm³/mol. The minimum atomic E-state index is -0.217. The maximum Gasteiger partial charge on any atom is 0.172 e. The van der Waals surface area contributed by atoms with Crippen LogP contribution in [0.15, 0.2) is 36.4 Å². The summed E-state index contributed by atoms with van der Waals surface area (Å²) in [5, 5.41) is 21.8. The number of rotatable bonds is 0. The van der Waals surface area contributed by atoms with Gasteiger partial charge < -0.3 is 9.97 Å². The van der Waals surface area contributed by atoms with Crippen LogP contribution in [-0.2, 0) is 0 Å². The molecule has 2 N–H and O–H groups in total. The summed E-state index contributed by atoms with van der Waals surface area (Å²) in [4.78, 5) is 32.3. The van der Waals surface area contributed by atoms with Crippen LogP contribution < -0.4 is 0 Å². The molecule has 5 aromatic rings. The van der Waals surface area contributed by atoms with Crippen LogP contribution in [0.2, 0.25) is 0 Å². The van der Waals surface area contributed by atoms with Crippen molar-refractivity contribution in [3.63, 3.8) is 0 Å². The van der Waals surface area contributed by atoms with Gasteiger partial charge in [0.25, 0.3) is 0 Å². The normalized spacial score (nSPS) is 13.4. The monoisotopic (exact) mass is 374 g/mol. The molecule has 1 aliphatic rings. The van der Waals surface area contributed by atoms with Crippen molar-refractivity contribution >= 4 is 55.2 Å². The van der Waals surface area contributed by atoms with Crippen molar-refractivity contribution in [2.45, 2.75) is 6.42 Å². The molecule has 0 amide bonds. The molecule has 0 bridgehead atoms. The third kappa shape index (κ3) is 1.73. The fourth-order valence-corrected chi connectivity index (χ4v) is 4.65. The van der Waals surface area contributed by atoms with Gasteiger partial charge in [-0.3, -0.25) is 9.59 Å². The molecule has 134 valence electrons. The highest BCUT2D eigenvalue weighted by Crippen LogP contribution is 2.44. The lowest BCUT2D eigenvalue weighted by Gasteiger charge is -2.04. The fraction of sp³-hybridized carbons (Fsp3) is 0.0435. The number of nitriles is 2. The Kier molecular flexibility index (Phi) is 2.74. The average molecular weight is 374 g/mol. The van der Waals surface area contributed by atoms with Crippen molar-refractivity contribution in [3.05, 3.63) is 58.7 Å². The number of ketones is 2. The molecule has 0 saturated carbocycles. The van der Waals surface area contributed by atoms with Crippen molar-refractivity contribution in [3.8, 4) is 12.1 Å². The number of nitrogens with one attached hydrogen (secondary N) is 2. The highest BCUT2D eigenvalue weighted by atomic mass is 16.2. The van der Waals surface area contributed by atoms with E-state index in [1.54, 1.807) is 24.3 Å². The van der Waals surface area contributed by atoms with E-state index in [0.29, 0.717) is 55.1 Å². The molecule has 6 rings (SSSR count). The summed E-state index contributed by atoms with van der Waals surface area (Å²) in [6.45, 7) is 0. The van der Waals surface area contributed by atoms with Crippen LogP contribution in [0.3, 0.4) is 0 Å². The largest absolute Gasteiger partial charge is 0.352 e.